The summed E-state index contributed by atoms with van der Waals surface area (Å²) >= 11 is 0. The molecule has 0 N–H and O–H groups in total. The number of hydrogen-bond acceptors (Lipinski definition) is 13. The fraction of sp³-hybridized carbons (Fsp3) is 0.710. The van der Waals surface area contributed by atoms with Crippen molar-refractivity contribution in [2.75, 3.05) is 33.0 Å². The third kappa shape index (κ3) is 23.1. The van der Waals surface area contributed by atoms with Gasteiger partial charge < -0.3 is 33.2 Å². The lowest BCUT2D eigenvalue weighted by Crippen LogP contribution is -2.66. The lowest BCUT2D eigenvalue weighted by Gasteiger charge is -2.37. The Bertz CT molecular complexity index is 2250. The Balaban J connectivity index is 0.919. The van der Waals surface area contributed by atoms with Crippen LogP contribution in [0.4, 0.5) is 35.1 Å². The van der Waals surface area contributed by atoms with E-state index in [1.165, 1.54) is 58.3 Å². The smallest absolute Gasteiger partial charge is 0.411 e. The van der Waals surface area contributed by atoms with Gasteiger partial charge >= 0.3 is 59.5 Å². The Labute approximate surface area is 483 Å². The number of alkyl halides is 8. The van der Waals surface area contributed by atoms with Crippen molar-refractivity contribution >= 4 is 35.8 Å². The maximum Gasteiger partial charge on any atom is 0.411 e. The summed E-state index contributed by atoms with van der Waals surface area (Å²) in [5, 5.41) is 0. The Morgan fingerprint density at radius 1 is 0.422 bits per heavy atom. The van der Waals surface area contributed by atoms with Crippen LogP contribution in [0.3, 0.4) is 0 Å². The summed E-state index contributed by atoms with van der Waals surface area (Å²) in [6, 6.07) is 13.3. The Morgan fingerprint density at radius 2 is 0.819 bits per heavy atom. The largest absolute Gasteiger partial charge is 0.494 e. The van der Waals surface area contributed by atoms with Crippen molar-refractivity contribution in [3.05, 3.63) is 54.1 Å². The van der Waals surface area contributed by atoms with Crippen LogP contribution < -0.4 is 14.2 Å². The van der Waals surface area contributed by atoms with E-state index < -0.39 is 66.8 Å². The van der Waals surface area contributed by atoms with Gasteiger partial charge in [0.25, 0.3) is 0 Å². The van der Waals surface area contributed by atoms with Crippen LogP contribution in [0.15, 0.2) is 48.5 Å². The number of benzene rings is 2. The first-order valence-electron chi connectivity index (χ1n) is 30.1. The highest BCUT2D eigenvalue weighted by Gasteiger charge is 2.85. The summed E-state index contributed by atoms with van der Waals surface area (Å²) in [5.74, 6) is -31.1. The van der Waals surface area contributed by atoms with Crippen LogP contribution in [-0.4, -0.2) is 92.5 Å². The van der Waals surface area contributed by atoms with Crippen molar-refractivity contribution < 1.29 is 97.0 Å². The molecule has 83 heavy (non-hydrogen) atoms. The van der Waals surface area contributed by atoms with Crippen molar-refractivity contribution in [3.8, 4) is 17.2 Å². The maximum absolute atomic E-state index is 14.0. The highest BCUT2D eigenvalue weighted by molar-refractivity contribution is 5.91. The molecule has 2 aliphatic rings. The summed E-state index contributed by atoms with van der Waals surface area (Å²) in [5.41, 5.74) is 0.365. The van der Waals surface area contributed by atoms with E-state index in [1.54, 1.807) is 48.5 Å². The molecular formula is C62H86F8O13. The van der Waals surface area contributed by atoms with Crippen molar-refractivity contribution in [1.29, 1.82) is 0 Å². The summed E-state index contributed by atoms with van der Waals surface area (Å²) in [7, 11) is 0. The van der Waals surface area contributed by atoms with E-state index in [0.29, 0.717) is 67.9 Å². The fourth-order valence-electron chi connectivity index (χ4n) is 10.4. The second-order valence-corrected chi connectivity index (χ2v) is 22.0. The summed E-state index contributed by atoms with van der Waals surface area (Å²) in [4.78, 5) is 72.8. The van der Waals surface area contributed by atoms with E-state index in [0.717, 1.165) is 82.0 Å². The first-order valence-corrected chi connectivity index (χ1v) is 30.1. The number of hydrogen-bond donors (Lipinski definition) is 0. The Morgan fingerprint density at radius 3 is 1.28 bits per heavy atom. The second kappa shape index (κ2) is 36.4. The molecule has 0 radical (unpaired) electrons. The van der Waals surface area contributed by atoms with Crippen LogP contribution >= 0.6 is 0 Å². The summed E-state index contributed by atoms with van der Waals surface area (Å²) in [6.45, 7) is 2.69. The highest BCUT2D eigenvalue weighted by atomic mass is 19.4. The molecule has 0 aromatic heterocycles. The first kappa shape index (κ1) is 70.0. The van der Waals surface area contributed by atoms with E-state index in [-0.39, 0.29) is 57.2 Å². The van der Waals surface area contributed by atoms with Crippen LogP contribution in [0.1, 0.15) is 210 Å². The molecule has 4 rings (SSSR count). The minimum atomic E-state index is -7.00. The van der Waals surface area contributed by atoms with Crippen LogP contribution in [0.25, 0.3) is 0 Å². The van der Waals surface area contributed by atoms with Gasteiger partial charge in [-0.3, -0.25) is 14.4 Å². The predicted octanol–water partition coefficient (Wildman–Crippen LogP) is 15.7. The van der Waals surface area contributed by atoms with E-state index >= 15 is 0 Å². The third-order valence-electron chi connectivity index (χ3n) is 15.5. The molecule has 0 spiro atoms. The summed E-state index contributed by atoms with van der Waals surface area (Å²) < 4.78 is 147. The van der Waals surface area contributed by atoms with Gasteiger partial charge in [-0.1, -0.05) is 117 Å². The number of rotatable bonds is 40. The molecular weight excluding hydrogens is 1100 g/mol. The molecule has 468 valence electrons. The van der Waals surface area contributed by atoms with Crippen molar-refractivity contribution in [2.24, 2.45) is 23.7 Å². The van der Waals surface area contributed by atoms with E-state index in [9.17, 15) is 63.9 Å². The number of esters is 6. The fourth-order valence-corrected chi connectivity index (χ4v) is 10.4. The lowest BCUT2D eigenvalue weighted by atomic mass is 9.68. The van der Waals surface area contributed by atoms with Crippen molar-refractivity contribution in [2.45, 2.75) is 224 Å². The zero-order chi connectivity index (χ0) is 60.7. The number of carbonyl (C=O) groups is 6. The zero-order valence-electron chi connectivity index (χ0n) is 48.3. The van der Waals surface area contributed by atoms with Gasteiger partial charge in [0.1, 0.15) is 17.2 Å². The summed E-state index contributed by atoms with van der Waals surface area (Å²) in [6.07, 6.45) is 23.6. The van der Waals surface area contributed by atoms with E-state index in [1.807, 2.05) is 0 Å². The Hall–Kier alpha value is -5.50. The number of ether oxygens (including phenoxy) is 7. The average Bonchev–Trinajstić information content (AvgIpc) is 1.60. The van der Waals surface area contributed by atoms with Gasteiger partial charge in [0.05, 0.1) is 57.4 Å². The molecule has 0 amide bonds. The minimum absolute atomic E-state index is 0.0839. The number of halogens is 8. The highest BCUT2D eigenvalue weighted by Crippen LogP contribution is 2.53. The molecule has 0 heterocycles. The van der Waals surface area contributed by atoms with Gasteiger partial charge in [0.2, 0.25) is 0 Å². The molecule has 2 fully saturated rings. The zero-order valence-corrected chi connectivity index (χ0v) is 48.3. The van der Waals surface area contributed by atoms with Gasteiger partial charge in [-0.2, -0.15) is 35.1 Å². The van der Waals surface area contributed by atoms with Crippen LogP contribution in [0.2, 0.25) is 0 Å². The van der Waals surface area contributed by atoms with Gasteiger partial charge in [-0.15, -0.1) is 0 Å². The lowest BCUT2D eigenvalue weighted by molar-refractivity contribution is -0.354. The molecule has 0 saturated heterocycles. The Kier molecular flexibility index (Phi) is 30.7. The minimum Gasteiger partial charge on any atom is -0.494 e. The van der Waals surface area contributed by atoms with Crippen molar-refractivity contribution in [1.82, 2.24) is 0 Å². The third-order valence-corrected chi connectivity index (χ3v) is 15.5. The quantitative estimate of drug-likeness (QED) is 0.0203. The molecule has 13 nitrogen and oxygen atoms in total. The van der Waals surface area contributed by atoms with E-state index in [2.05, 4.69) is 16.4 Å². The molecule has 2 aromatic carbocycles. The topological polar surface area (TPSA) is 167 Å². The van der Waals surface area contributed by atoms with Gasteiger partial charge in [0.15, 0.2) is 0 Å². The number of unbranched alkanes of at least 4 members (excludes halogenated alkanes) is 14. The van der Waals surface area contributed by atoms with Gasteiger partial charge in [-0.25, -0.2) is 14.4 Å². The molecule has 2 aromatic rings. The molecule has 0 unspecified atom stereocenters. The first-order chi connectivity index (χ1) is 39.6. The van der Waals surface area contributed by atoms with Gasteiger partial charge in [-0.05, 0) is 137 Å². The van der Waals surface area contributed by atoms with Crippen molar-refractivity contribution in [3.63, 3.8) is 0 Å². The second-order valence-electron chi connectivity index (χ2n) is 22.0. The van der Waals surface area contributed by atoms with Crippen LogP contribution in [-0.2, 0) is 42.9 Å². The molecule has 2 saturated carbocycles. The average molecular weight is 1190 g/mol. The van der Waals surface area contributed by atoms with Crippen LogP contribution in [0.5, 0.6) is 17.2 Å². The molecule has 2 aliphatic carbocycles. The standard InChI is InChI=1S/C62H86F8O13/c1-3-5-16-21-45-22-24-46(25-23-45)47-26-28-48(29-27-47)55(73)82-51-34-36-52(37-35-51)83-56(74)49-30-32-50(33-31-49)77-41-17-12-10-11-14-19-43-79-54(72)39-38-53(71)78-42-18-13-8-6-7-9-15-20-44-81-58(76)60(65,66)62(69,70)61(67,68)59(63,64)57(75)80-40-4-2/h30-37,45-48H,3-29,38-44H2,1-2H3. The maximum atomic E-state index is 14.0. The molecule has 0 atom stereocenters. The molecule has 0 aliphatic heterocycles. The normalized spacial score (nSPS) is 17.7. The molecule has 0 bridgehead atoms. The monoisotopic (exact) mass is 1190 g/mol. The van der Waals surface area contributed by atoms with Gasteiger partial charge in [0, 0.05) is 0 Å². The SMILES string of the molecule is CCCCCC1CCC(C2CCC(C(=O)Oc3ccc(OC(=O)c4ccc(OCCCCCCCCOC(=O)CCC(=O)OCCCCCCCCCCOC(=O)C(F)(F)C(F)(F)C(F)(F)C(F)(F)C(=O)OCCC)cc4)cc3)CC2)CC1. The van der Waals surface area contributed by atoms with E-state index in [4.69, 9.17) is 23.7 Å². The molecule has 21 heteroatoms. The predicted molar refractivity (Wildman–Crippen MR) is 292 cm³/mol. The van der Waals surface area contributed by atoms with Crippen LogP contribution in [0, 0.1) is 23.7 Å². The number of carbonyl (C=O) groups excluding carboxylic acids is 6.